The molecular weight excluding hydrogens is 212 g/mol. The Balaban J connectivity index is 2.15. The fraction of sp³-hybridized carbons (Fsp3) is 0.636. The lowest BCUT2D eigenvalue weighted by Gasteiger charge is -2.12. The molecule has 0 spiro atoms. The van der Waals surface area contributed by atoms with E-state index in [1.807, 2.05) is 6.92 Å². The van der Waals surface area contributed by atoms with E-state index in [0.717, 1.165) is 12.2 Å². The first-order valence-electron chi connectivity index (χ1n) is 5.40. The first-order valence-corrected chi connectivity index (χ1v) is 5.78. The van der Waals surface area contributed by atoms with Crippen LogP contribution in [0, 0.1) is 0 Å². The van der Waals surface area contributed by atoms with Crippen LogP contribution in [0.1, 0.15) is 44.9 Å². The molecule has 0 bridgehead atoms. The maximum atomic E-state index is 5.92. The summed E-state index contributed by atoms with van der Waals surface area (Å²) in [5.74, 6) is 1.94. The van der Waals surface area contributed by atoms with Crippen LogP contribution in [-0.2, 0) is 0 Å². The van der Waals surface area contributed by atoms with Crippen LogP contribution in [0.4, 0.5) is 0 Å². The van der Waals surface area contributed by atoms with Gasteiger partial charge in [-0.3, -0.25) is 0 Å². The molecule has 3 nitrogen and oxygen atoms in total. The Morgan fingerprint density at radius 1 is 1.53 bits per heavy atom. The first-order chi connectivity index (χ1) is 7.19. The molecule has 0 amide bonds. The Morgan fingerprint density at radius 3 is 2.87 bits per heavy atom. The summed E-state index contributed by atoms with van der Waals surface area (Å²) >= 11 is 5.92. The Bertz CT molecular complexity index is 352. The summed E-state index contributed by atoms with van der Waals surface area (Å²) in [6, 6.07) is 1.68. The van der Waals surface area contributed by atoms with Gasteiger partial charge in [-0.2, -0.15) is 4.98 Å². The van der Waals surface area contributed by atoms with E-state index in [1.54, 1.807) is 6.07 Å². The van der Waals surface area contributed by atoms with Crippen LogP contribution in [0.2, 0.25) is 5.15 Å². The summed E-state index contributed by atoms with van der Waals surface area (Å²) < 4.78 is 5.63. The van der Waals surface area contributed by atoms with Crippen LogP contribution in [0.15, 0.2) is 6.07 Å². The van der Waals surface area contributed by atoms with Crippen molar-refractivity contribution in [3.63, 3.8) is 0 Å². The first kappa shape index (κ1) is 10.7. The average molecular weight is 227 g/mol. The van der Waals surface area contributed by atoms with Crippen molar-refractivity contribution in [2.75, 3.05) is 0 Å². The molecule has 1 heterocycles. The molecule has 0 aliphatic heterocycles. The normalized spacial score (nSPS) is 17.5. The highest BCUT2D eigenvalue weighted by Crippen LogP contribution is 2.39. The predicted molar refractivity (Wildman–Crippen MR) is 59.4 cm³/mol. The molecule has 1 saturated carbocycles. The average Bonchev–Trinajstić information content (AvgIpc) is 2.99. The minimum atomic E-state index is 0.169. The van der Waals surface area contributed by atoms with E-state index in [-0.39, 0.29) is 6.10 Å². The van der Waals surface area contributed by atoms with Gasteiger partial charge in [-0.25, -0.2) is 4.98 Å². The summed E-state index contributed by atoms with van der Waals surface area (Å²) in [6.07, 6.45) is 3.47. The number of rotatable bonds is 4. The van der Waals surface area contributed by atoms with Crippen LogP contribution < -0.4 is 4.74 Å². The van der Waals surface area contributed by atoms with E-state index in [2.05, 4.69) is 16.9 Å². The van der Waals surface area contributed by atoms with Crippen molar-refractivity contribution < 1.29 is 4.74 Å². The second-order valence-electron chi connectivity index (χ2n) is 4.00. The van der Waals surface area contributed by atoms with Gasteiger partial charge in [0, 0.05) is 12.0 Å². The topological polar surface area (TPSA) is 35.0 Å². The zero-order valence-corrected chi connectivity index (χ0v) is 9.79. The van der Waals surface area contributed by atoms with Crippen molar-refractivity contribution in [2.45, 2.75) is 45.1 Å². The third kappa shape index (κ3) is 2.81. The van der Waals surface area contributed by atoms with Crippen molar-refractivity contribution in [1.82, 2.24) is 9.97 Å². The van der Waals surface area contributed by atoms with E-state index >= 15 is 0 Å². The van der Waals surface area contributed by atoms with Gasteiger partial charge >= 0.3 is 0 Å². The van der Waals surface area contributed by atoms with E-state index in [0.29, 0.717) is 17.0 Å². The molecule has 82 valence electrons. The summed E-state index contributed by atoms with van der Waals surface area (Å²) in [5, 5.41) is 0.477. The lowest BCUT2D eigenvalue weighted by molar-refractivity contribution is 0.207. The van der Waals surface area contributed by atoms with Gasteiger partial charge in [0.05, 0.1) is 6.10 Å². The molecule has 0 radical (unpaired) electrons. The molecule has 0 N–H and O–H groups in total. The van der Waals surface area contributed by atoms with Crippen LogP contribution >= 0.6 is 11.6 Å². The Labute approximate surface area is 94.8 Å². The SMILES string of the molecule is CCC(C)Oc1cc(Cl)nc(C2CC2)n1. The predicted octanol–water partition coefficient (Wildman–Crippen LogP) is 3.18. The monoisotopic (exact) mass is 226 g/mol. The van der Waals surface area contributed by atoms with Crippen LogP contribution in [0.3, 0.4) is 0 Å². The lowest BCUT2D eigenvalue weighted by Crippen LogP contribution is -2.11. The van der Waals surface area contributed by atoms with Crippen LogP contribution in [0.5, 0.6) is 5.88 Å². The van der Waals surface area contributed by atoms with Gasteiger partial charge in [0.15, 0.2) is 0 Å². The van der Waals surface area contributed by atoms with Gasteiger partial charge in [0.1, 0.15) is 11.0 Å². The van der Waals surface area contributed by atoms with E-state index < -0.39 is 0 Å². The highest BCUT2D eigenvalue weighted by molar-refractivity contribution is 6.29. The Kier molecular flexibility index (Phi) is 3.10. The molecule has 4 heteroatoms. The van der Waals surface area contributed by atoms with Gasteiger partial charge in [-0.05, 0) is 26.2 Å². The molecule has 2 rings (SSSR count). The number of ether oxygens (including phenoxy) is 1. The molecule has 1 aliphatic carbocycles. The van der Waals surface area contributed by atoms with E-state index in [4.69, 9.17) is 16.3 Å². The fourth-order valence-electron chi connectivity index (χ4n) is 1.29. The van der Waals surface area contributed by atoms with Gasteiger partial charge in [0.25, 0.3) is 0 Å². The van der Waals surface area contributed by atoms with Crippen molar-refractivity contribution in [2.24, 2.45) is 0 Å². The third-order valence-corrected chi connectivity index (χ3v) is 2.72. The van der Waals surface area contributed by atoms with Gasteiger partial charge < -0.3 is 4.74 Å². The molecule has 0 saturated heterocycles. The Morgan fingerprint density at radius 2 is 2.27 bits per heavy atom. The number of nitrogens with zero attached hydrogens (tertiary/aromatic N) is 2. The quantitative estimate of drug-likeness (QED) is 0.740. The molecule has 15 heavy (non-hydrogen) atoms. The molecular formula is C11H15ClN2O. The standard InChI is InChI=1S/C11H15ClN2O/c1-3-7(2)15-10-6-9(12)13-11(14-10)8-4-5-8/h6-8H,3-5H2,1-2H3. The van der Waals surface area contributed by atoms with Crippen LogP contribution in [-0.4, -0.2) is 16.1 Å². The molecule has 1 aromatic rings. The summed E-state index contributed by atoms with van der Waals surface area (Å²) in [5.41, 5.74) is 0. The van der Waals surface area contributed by atoms with Gasteiger partial charge in [0.2, 0.25) is 5.88 Å². The molecule has 1 fully saturated rings. The second-order valence-corrected chi connectivity index (χ2v) is 4.39. The van der Waals surface area contributed by atoms with E-state index in [1.165, 1.54) is 12.8 Å². The summed E-state index contributed by atoms with van der Waals surface area (Å²) in [6.45, 7) is 4.10. The van der Waals surface area contributed by atoms with Gasteiger partial charge in [-0.1, -0.05) is 18.5 Å². The maximum Gasteiger partial charge on any atom is 0.218 e. The number of hydrogen-bond acceptors (Lipinski definition) is 3. The molecule has 0 aromatic carbocycles. The third-order valence-electron chi connectivity index (χ3n) is 2.53. The molecule has 1 aromatic heterocycles. The van der Waals surface area contributed by atoms with Crippen molar-refractivity contribution in [3.8, 4) is 5.88 Å². The number of hydrogen-bond donors (Lipinski definition) is 0. The summed E-state index contributed by atoms with van der Waals surface area (Å²) in [7, 11) is 0. The highest BCUT2D eigenvalue weighted by Gasteiger charge is 2.27. The van der Waals surface area contributed by atoms with E-state index in [9.17, 15) is 0 Å². The number of halogens is 1. The van der Waals surface area contributed by atoms with Gasteiger partial charge in [-0.15, -0.1) is 0 Å². The van der Waals surface area contributed by atoms with Crippen molar-refractivity contribution >= 4 is 11.6 Å². The molecule has 1 unspecified atom stereocenters. The largest absolute Gasteiger partial charge is 0.475 e. The fourth-order valence-corrected chi connectivity index (χ4v) is 1.47. The van der Waals surface area contributed by atoms with Crippen molar-refractivity contribution in [3.05, 3.63) is 17.0 Å². The highest BCUT2D eigenvalue weighted by atomic mass is 35.5. The molecule has 1 atom stereocenters. The molecule has 1 aliphatic rings. The minimum absolute atomic E-state index is 0.169. The minimum Gasteiger partial charge on any atom is -0.475 e. The number of aromatic nitrogens is 2. The lowest BCUT2D eigenvalue weighted by atomic mass is 10.3. The maximum absolute atomic E-state index is 5.92. The zero-order chi connectivity index (χ0) is 10.8. The summed E-state index contributed by atoms with van der Waals surface area (Å²) in [4.78, 5) is 8.57. The second kappa shape index (κ2) is 4.35. The van der Waals surface area contributed by atoms with Crippen LogP contribution in [0.25, 0.3) is 0 Å². The van der Waals surface area contributed by atoms with Crippen molar-refractivity contribution in [1.29, 1.82) is 0 Å². The zero-order valence-electron chi connectivity index (χ0n) is 9.03. The smallest absolute Gasteiger partial charge is 0.218 e. The Hall–Kier alpha value is -0.830.